The van der Waals surface area contributed by atoms with Crippen molar-refractivity contribution in [2.45, 2.75) is 44.2 Å². The summed E-state index contributed by atoms with van der Waals surface area (Å²) in [4.78, 5) is 31.0. The second-order valence-electron chi connectivity index (χ2n) is 11.3. The van der Waals surface area contributed by atoms with Gasteiger partial charge in [-0.1, -0.05) is 54.6 Å². The van der Waals surface area contributed by atoms with Crippen LogP contribution in [0.1, 0.15) is 36.0 Å². The number of morpholine rings is 1. The highest BCUT2D eigenvalue weighted by molar-refractivity contribution is 5.99. The monoisotopic (exact) mass is 523 g/mol. The van der Waals surface area contributed by atoms with E-state index in [1.54, 1.807) is 4.90 Å². The molecule has 0 spiro atoms. The van der Waals surface area contributed by atoms with Crippen molar-refractivity contribution in [3.63, 3.8) is 0 Å². The molecule has 1 saturated heterocycles. The van der Waals surface area contributed by atoms with Crippen molar-refractivity contribution in [1.82, 2.24) is 4.90 Å². The molecule has 1 heterocycles. The summed E-state index contributed by atoms with van der Waals surface area (Å²) in [5.41, 5.74) is 4.85. The maximum absolute atomic E-state index is 14.2. The van der Waals surface area contributed by atoms with E-state index in [1.807, 2.05) is 42.5 Å². The standard InChI is InChI=1S/C33H37N3O3/c37-24-36(23-25-6-2-1-3-7-25)33(15-14-28-20-26-8-4-5-9-27(26)21-29(28)22-33)32(38)34-30-10-12-31(13-11-30)35-16-18-39-19-17-35/h1-13,24,28-29H,14-23H2,(H,34,38). The first-order valence-corrected chi connectivity index (χ1v) is 14.2. The third kappa shape index (κ3) is 5.30. The number of rotatable bonds is 7. The van der Waals surface area contributed by atoms with Gasteiger partial charge in [0.2, 0.25) is 12.3 Å². The molecule has 0 bridgehead atoms. The van der Waals surface area contributed by atoms with Gasteiger partial charge in [0.15, 0.2) is 0 Å². The summed E-state index contributed by atoms with van der Waals surface area (Å²) in [6.07, 6.45) is 5.19. The Labute approximate surface area is 231 Å². The van der Waals surface area contributed by atoms with Crippen molar-refractivity contribution >= 4 is 23.7 Å². The van der Waals surface area contributed by atoms with Crippen molar-refractivity contribution in [1.29, 1.82) is 0 Å². The minimum absolute atomic E-state index is 0.0815. The largest absolute Gasteiger partial charge is 0.378 e. The zero-order valence-corrected chi connectivity index (χ0v) is 22.4. The van der Waals surface area contributed by atoms with Gasteiger partial charge in [0.25, 0.3) is 0 Å². The lowest BCUT2D eigenvalue weighted by atomic mass is 9.62. The highest BCUT2D eigenvalue weighted by Crippen LogP contribution is 2.46. The fourth-order valence-electron chi connectivity index (χ4n) is 6.88. The van der Waals surface area contributed by atoms with Crippen LogP contribution in [-0.4, -0.2) is 49.1 Å². The molecule has 0 radical (unpaired) electrons. The Balaban J connectivity index is 1.27. The Morgan fingerprint density at radius 2 is 1.59 bits per heavy atom. The molecule has 3 unspecified atom stereocenters. The molecular formula is C33H37N3O3. The van der Waals surface area contributed by atoms with E-state index in [0.717, 1.165) is 68.9 Å². The van der Waals surface area contributed by atoms with E-state index in [9.17, 15) is 9.59 Å². The van der Waals surface area contributed by atoms with Crippen molar-refractivity contribution in [2.24, 2.45) is 11.8 Å². The average Bonchev–Trinajstić information content (AvgIpc) is 3.00. The van der Waals surface area contributed by atoms with E-state index in [0.29, 0.717) is 31.2 Å². The SMILES string of the molecule is O=CN(Cc1ccccc1)C1(C(=O)Nc2ccc(N3CCOCC3)cc2)CCC2Cc3ccccc3CC2C1. The number of amides is 2. The van der Waals surface area contributed by atoms with Crippen molar-refractivity contribution < 1.29 is 14.3 Å². The first kappa shape index (κ1) is 25.6. The van der Waals surface area contributed by atoms with E-state index >= 15 is 0 Å². The molecule has 202 valence electrons. The molecule has 2 amide bonds. The third-order valence-corrected chi connectivity index (χ3v) is 9.07. The number of anilines is 2. The van der Waals surface area contributed by atoms with Crippen LogP contribution in [-0.2, 0) is 33.7 Å². The minimum atomic E-state index is -0.895. The number of hydrogen-bond donors (Lipinski definition) is 1. The van der Waals surface area contributed by atoms with Gasteiger partial charge in [0.05, 0.1) is 13.2 Å². The van der Waals surface area contributed by atoms with Gasteiger partial charge >= 0.3 is 0 Å². The van der Waals surface area contributed by atoms with Gasteiger partial charge in [-0.05, 0) is 84.9 Å². The molecule has 1 saturated carbocycles. The van der Waals surface area contributed by atoms with E-state index < -0.39 is 5.54 Å². The lowest BCUT2D eigenvalue weighted by molar-refractivity contribution is -0.143. The third-order valence-electron chi connectivity index (χ3n) is 9.07. The Hall–Kier alpha value is -3.64. The summed E-state index contributed by atoms with van der Waals surface area (Å²) in [6.45, 7) is 3.62. The molecule has 6 heteroatoms. The number of ether oxygens (including phenoxy) is 1. The van der Waals surface area contributed by atoms with Crippen molar-refractivity contribution in [3.8, 4) is 0 Å². The maximum atomic E-state index is 14.2. The van der Waals surface area contributed by atoms with Crippen LogP contribution in [0.5, 0.6) is 0 Å². The lowest BCUT2D eigenvalue weighted by Crippen LogP contribution is -2.60. The fourth-order valence-corrected chi connectivity index (χ4v) is 6.88. The van der Waals surface area contributed by atoms with Crippen LogP contribution in [0.15, 0.2) is 78.9 Å². The first-order chi connectivity index (χ1) is 19.1. The predicted octanol–water partition coefficient (Wildman–Crippen LogP) is 5.07. The van der Waals surface area contributed by atoms with Crippen LogP contribution in [0, 0.1) is 11.8 Å². The topological polar surface area (TPSA) is 61.9 Å². The summed E-state index contributed by atoms with van der Waals surface area (Å²) in [5, 5.41) is 3.22. The second kappa shape index (κ2) is 11.2. The molecule has 3 aromatic carbocycles. The van der Waals surface area contributed by atoms with Crippen molar-refractivity contribution in [2.75, 3.05) is 36.5 Å². The Kier molecular flexibility index (Phi) is 7.38. The van der Waals surface area contributed by atoms with Gasteiger partial charge in [0, 0.05) is 31.0 Å². The number of benzene rings is 3. The molecule has 3 atom stereocenters. The fraction of sp³-hybridized carbons (Fsp3) is 0.394. The summed E-state index contributed by atoms with van der Waals surface area (Å²) in [6, 6.07) is 26.7. The predicted molar refractivity (Wildman–Crippen MR) is 154 cm³/mol. The molecule has 3 aromatic rings. The van der Waals surface area contributed by atoms with Crippen LogP contribution in [0.4, 0.5) is 11.4 Å². The number of fused-ring (bicyclic) bond motifs is 2. The average molecular weight is 524 g/mol. The van der Waals surface area contributed by atoms with Crippen LogP contribution in [0.25, 0.3) is 0 Å². The number of nitrogens with one attached hydrogen (secondary N) is 1. The molecule has 39 heavy (non-hydrogen) atoms. The Morgan fingerprint density at radius 3 is 2.28 bits per heavy atom. The summed E-state index contributed by atoms with van der Waals surface area (Å²) < 4.78 is 5.48. The molecule has 6 nitrogen and oxygen atoms in total. The van der Waals surface area contributed by atoms with Crippen LogP contribution < -0.4 is 10.2 Å². The minimum Gasteiger partial charge on any atom is -0.378 e. The van der Waals surface area contributed by atoms with Gasteiger partial charge in [-0.15, -0.1) is 0 Å². The molecular weight excluding hydrogens is 486 g/mol. The van der Waals surface area contributed by atoms with Crippen LogP contribution in [0.2, 0.25) is 0 Å². The quantitative estimate of drug-likeness (QED) is 0.439. The van der Waals surface area contributed by atoms with Gasteiger partial charge in [-0.2, -0.15) is 0 Å². The van der Waals surface area contributed by atoms with E-state index in [1.165, 1.54) is 11.1 Å². The van der Waals surface area contributed by atoms with Gasteiger partial charge in [-0.25, -0.2) is 0 Å². The van der Waals surface area contributed by atoms with Crippen LogP contribution >= 0.6 is 0 Å². The molecule has 3 aliphatic rings. The Bertz CT molecular complexity index is 1290. The highest BCUT2D eigenvalue weighted by atomic mass is 16.5. The smallest absolute Gasteiger partial charge is 0.250 e. The highest BCUT2D eigenvalue weighted by Gasteiger charge is 2.50. The summed E-state index contributed by atoms with van der Waals surface area (Å²) in [5.74, 6) is 0.821. The van der Waals surface area contributed by atoms with Gasteiger partial charge in [0.1, 0.15) is 5.54 Å². The molecule has 1 N–H and O–H groups in total. The summed E-state index contributed by atoms with van der Waals surface area (Å²) >= 11 is 0. The molecule has 0 aromatic heterocycles. The number of carbonyl (C=O) groups is 2. The molecule has 1 aliphatic heterocycles. The number of carbonyl (C=O) groups excluding carboxylic acids is 2. The summed E-state index contributed by atoms with van der Waals surface area (Å²) in [7, 11) is 0. The number of hydrogen-bond acceptors (Lipinski definition) is 4. The second-order valence-corrected chi connectivity index (χ2v) is 11.3. The number of nitrogens with zero attached hydrogens (tertiary/aromatic N) is 2. The molecule has 6 rings (SSSR count). The zero-order chi connectivity index (χ0) is 26.7. The van der Waals surface area contributed by atoms with E-state index in [2.05, 4.69) is 46.6 Å². The van der Waals surface area contributed by atoms with Gasteiger partial charge < -0.3 is 19.9 Å². The van der Waals surface area contributed by atoms with E-state index in [4.69, 9.17) is 4.74 Å². The van der Waals surface area contributed by atoms with Crippen molar-refractivity contribution in [3.05, 3.63) is 95.6 Å². The normalized spacial score (nSPS) is 24.3. The first-order valence-electron chi connectivity index (χ1n) is 14.2. The Morgan fingerprint density at radius 1 is 0.923 bits per heavy atom. The molecule has 2 fully saturated rings. The van der Waals surface area contributed by atoms with E-state index in [-0.39, 0.29) is 5.91 Å². The zero-order valence-electron chi connectivity index (χ0n) is 22.4. The lowest BCUT2D eigenvalue weighted by Gasteiger charge is -2.50. The van der Waals surface area contributed by atoms with Crippen LogP contribution in [0.3, 0.4) is 0 Å². The molecule has 2 aliphatic carbocycles. The van der Waals surface area contributed by atoms with Gasteiger partial charge in [-0.3, -0.25) is 9.59 Å². The maximum Gasteiger partial charge on any atom is 0.250 e.